The summed E-state index contributed by atoms with van der Waals surface area (Å²) in [5.74, 6) is 0.428. The zero-order valence-electron chi connectivity index (χ0n) is 14.8. The highest BCUT2D eigenvalue weighted by Crippen LogP contribution is 2.30. The summed E-state index contributed by atoms with van der Waals surface area (Å²) in [7, 11) is 4.31. The Kier molecular flexibility index (Phi) is 6.00. The molecule has 0 atom stereocenters. The number of phenols is 1. The minimum absolute atomic E-state index is 0.428. The van der Waals surface area contributed by atoms with Gasteiger partial charge in [-0.2, -0.15) is 0 Å². The zero-order chi connectivity index (χ0) is 17.1. The van der Waals surface area contributed by atoms with E-state index in [0.29, 0.717) is 5.75 Å². The molecule has 2 fully saturated rings. The molecular formula is C18H29ClN4O. The van der Waals surface area contributed by atoms with Crippen molar-refractivity contribution in [2.24, 2.45) is 0 Å². The van der Waals surface area contributed by atoms with Crippen molar-refractivity contribution in [1.82, 2.24) is 19.6 Å². The van der Waals surface area contributed by atoms with Crippen molar-refractivity contribution in [1.29, 1.82) is 0 Å². The summed E-state index contributed by atoms with van der Waals surface area (Å²) in [4.78, 5) is 9.47. The van der Waals surface area contributed by atoms with Crippen LogP contribution in [0.2, 0.25) is 5.02 Å². The Balaban J connectivity index is 1.68. The molecule has 0 bridgehead atoms. The van der Waals surface area contributed by atoms with Gasteiger partial charge in [0.1, 0.15) is 5.75 Å². The van der Waals surface area contributed by atoms with Gasteiger partial charge >= 0.3 is 0 Å². The number of rotatable bonds is 4. The predicted molar refractivity (Wildman–Crippen MR) is 98.7 cm³/mol. The van der Waals surface area contributed by atoms with Crippen molar-refractivity contribution in [3.05, 3.63) is 28.3 Å². The van der Waals surface area contributed by atoms with Gasteiger partial charge in [-0.3, -0.25) is 9.80 Å². The van der Waals surface area contributed by atoms with E-state index in [2.05, 4.69) is 33.7 Å². The van der Waals surface area contributed by atoms with Crippen molar-refractivity contribution in [2.75, 3.05) is 66.5 Å². The maximum absolute atomic E-state index is 10.7. The van der Waals surface area contributed by atoms with Gasteiger partial charge < -0.3 is 14.9 Å². The van der Waals surface area contributed by atoms with Crippen LogP contribution < -0.4 is 0 Å². The third kappa shape index (κ3) is 4.61. The monoisotopic (exact) mass is 352 g/mol. The first-order chi connectivity index (χ1) is 11.5. The average Bonchev–Trinajstić information content (AvgIpc) is 2.56. The molecule has 6 heteroatoms. The molecule has 2 saturated heterocycles. The minimum Gasteiger partial charge on any atom is -0.507 e. The average molecular weight is 353 g/mol. The van der Waals surface area contributed by atoms with E-state index >= 15 is 0 Å². The first-order valence-corrected chi connectivity index (χ1v) is 9.21. The Morgan fingerprint density at radius 3 is 1.54 bits per heavy atom. The normalized spacial score (nSPS) is 22.1. The lowest BCUT2D eigenvalue weighted by molar-refractivity contribution is 0.144. The van der Waals surface area contributed by atoms with Crippen LogP contribution in [0.15, 0.2) is 12.1 Å². The molecule has 24 heavy (non-hydrogen) atoms. The maximum atomic E-state index is 10.7. The molecule has 0 aromatic heterocycles. The van der Waals surface area contributed by atoms with Gasteiger partial charge in [-0.1, -0.05) is 11.6 Å². The van der Waals surface area contributed by atoms with E-state index in [-0.39, 0.29) is 0 Å². The number of benzene rings is 1. The van der Waals surface area contributed by atoms with Crippen LogP contribution in [-0.4, -0.2) is 91.2 Å². The number of hydrogen-bond donors (Lipinski definition) is 1. The highest BCUT2D eigenvalue weighted by atomic mass is 35.5. The molecule has 0 saturated carbocycles. The second kappa shape index (κ2) is 8.02. The maximum Gasteiger partial charge on any atom is 0.124 e. The summed E-state index contributed by atoms with van der Waals surface area (Å²) in [5.41, 5.74) is 1.91. The smallest absolute Gasteiger partial charge is 0.124 e. The van der Waals surface area contributed by atoms with Crippen molar-refractivity contribution in [3.8, 4) is 5.75 Å². The molecule has 5 nitrogen and oxygen atoms in total. The first kappa shape index (κ1) is 18.0. The summed E-state index contributed by atoms with van der Waals surface area (Å²) in [5, 5.41) is 11.5. The Morgan fingerprint density at radius 2 is 1.17 bits per heavy atom. The number of piperazine rings is 2. The van der Waals surface area contributed by atoms with Gasteiger partial charge in [-0.25, -0.2) is 0 Å². The molecule has 1 N–H and O–H groups in total. The fourth-order valence-electron chi connectivity index (χ4n) is 3.45. The third-order valence-electron chi connectivity index (χ3n) is 5.21. The summed E-state index contributed by atoms with van der Waals surface area (Å²) >= 11 is 6.34. The fourth-order valence-corrected chi connectivity index (χ4v) is 3.72. The largest absolute Gasteiger partial charge is 0.507 e. The molecule has 2 heterocycles. The first-order valence-electron chi connectivity index (χ1n) is 8.83. The molecule has 3 rings (SSSR count). The quantitative estimate of drug-likeness (QED) is 0.889. The lowest BCUT2D eigenvalue weighted by Gasteiger charge is -2.33. The van der Waals surface area contributed by atoms with Crippen LogP contribution >= 0.6 is 11.6 Å². The van der Waals surface area contributed by atoms with E-state index in [1.54, 1.807) is 0 Å². The van der Waals surface area contributed by atoms with Gasteiger partial charge in [0.15, 0.2) is 0 Å². The number of hydrogen-bond acceptors (Lipinski definition) is 5. The van der Waals surface area contributed by atoms with E-state index in [1.165, 1.54) is 0 Å². The van der Waals surface area contributed by atoms with Gasteiger partial charge in [0, 0.05) is 81.6 Å². The molecule has 0 unspecified atom stereocenters. The van der Waals surface area contributed by atoms with Crippen LogP contribution in [0.4, 0.5) is 0 Å². The SMILES string of the molecule is CN1CCN(Cc2cc(Cl)cc(CN3CCN(C)CC3)c2O)CC1. The van der Waals surface area contributed by atoms with Crippen molar-refractivity contribution < 1.29 is 5.11 Å². The van der Waals surface area contributed by atoms with E-state index < -0.39 is 0 Å². The number of halogens is 1. The topological polar surface area (TPSA) is 33.2 Å². The van der Waals surface area contributed by atoms with Crippen molar-refractivity contribution in [2.45, 2.75) is 13.1 Å². The van der Waals surface area contributed by atoms with E-state index in [1.807, 2.05) is 12.1 Å². The lowest BCUT2D eigenvalue weighted by Crippen LogP contribution is -2.44. The van der Waals surface area contributed by atoms with Crippen molar-refractivity contribution in [3.63, 3.8) is 0 Å². The number of phenolic OH excluding ortho intramolecular Hbond substituents is 1. The van der Waals surface area contributed by atoms with E-state index in [4.69, 9.17) is 11.6 Å². The fraction of sp³-hybridized carbons (Fsp3) is 0.667. The predicted octanol–water partition coefficient (Wildman–Crippen LogP) is 1.54. The van der Waals surface area contributed by atoms with Gasteiger partial charge in [-0.05, 0) is 26.2 Å². The molecule has 0 spiro atoms. The Hall–Kier alpha value is -0.850. The Bertz CT molecular complexity index is 507. The van der Waals surface area contributed by atoms with Gasteiger partial charge in [0.25, 0.3) is 0 Å². The minimum atomic E-state index is 0.428. The van der Waals surface area contributed by atoms with Gasteiger partial charge in [-0.15, -0.1) is 0 Å². The Labute approximate surface area is 150 Å². The number of likely N-dealkylation sites (N-methyl/N-ethyl adjacent to an activating group) is 2. The summed E-state index contributed by atoms with van der Waals surface area (Å²) in [6.45, 7) is 10.0. The highest BCUT2D eigenvalue weighted by molar-refractivity contribution is 6.30. The molecule has 2 aliphatic heterocycles. The van der Waals surface area contributed by atoms with Crippen molar-refractivity contribution >= 4 is 11.6 Å². The molecule has 0 amide bonds. The number of aromatic hydroxyl groups is 1. The number of nitrogens with zero attached hydrogens (tertiary/aromatic N) is 4. The summed E-state index contributed by atoms with van der Waals surface area (Å²) in [6, 6.07) is 3.84. The van der Waals surface area contributed by atoms with E-state index in [0.717, 1.165) is 81.6 Å². The molecule has 134 valence electrons. The molecule has 2 aliphatic rings. The molecule has 0 radical (unpaired) electrons. The second-order valence-electron chi connectivity index (χ2n) is 7.23. The van der Waals surface area contributed by atoms with Gasteiger partial charge in [0.05, 0.1) is 0 Å². The molecular weight excluding hydrogens is 324 g/mol. The molecule has 1 aromatic carbocycles. The summed E-state index contributed by atoms with van der Waals surface area (Å²) < 4.78 is 0. The van der Waals surface area contributed by atoms with Crippen LogP contribution in [-0.2, 0) is 13.1 Å². The highest BCUT2D eigenvalue weighted by Gasteiger charge is 2.20. The molecule has 1 aromatic rings. The lowest BCUT2D eigenvalue weighted by atomic mass is 10.1. The third-order valence-corrected chi connectivity index (χ3v) is 5.43. The van der Waals surface area contributed by atoms with E-state index in [9.17, 15) is 5.11 Å². The van der Waals surface area contributed by atoms with Gasteiger partial charge in [0.2, 0.25) is 0 Å². The zero-order valence-corrected chi connectivity index (χ0v) is 15.6. The summed E-state index contributed by atoms with van der Waals surface area (Å²) in [6.07, 6.45) is 0. The van der Waals surface area contributed by atoms with Crippen LogP contribution in [0.3, 0.4) is 0 Å². The Morgan fingerprint density at radius 1 is 0.792 bits per heavy atom. The van der Waals surface area contributed by atoms with Crippen LogP contribution in [0.1, 0.15) is 11.1 Å². The second-order valence-corrected chi connectivity index (χ2v) is 7.67. The van der Waals surface area contributed by atoms with Crippen LogP contribution in [0, 0.1) is 0 Å². The standard InChI is InChI=1S/C18H29ClN4O/c1-20-3-7-22(8-4-20)13-15-11-17(19)12-16(18(15)24)14-23-9-5-21(2)6-10-23/h11-12,24H,3-10,13-14H2,1-2H3. The molecule has 0 aliphatic carbocycles. The van der Waals surface area contributed by atoms with Crippen LogP contribution in [0.5, 0.6) is 5.75 Å². The van der Waals surface area contributed by atoms with Crippen LogP contribution in [0.25, 0.3) is 0 Å².